The highest BCUT2D eigenvalue weighted by Gasteiger charge is 2.12. The van der Waals surface area contributed by atoms with E-state index < -0.39 is 0 Å². The number of hydrogen-bond donors (Lipinski definition) is 1. The topological polar surface area (TPSA) is 29.9 Å². The largest absolute Gasteiger partial charge is 0.378 e. The first-order valence-electron chi connectivity index (χ1n) is 8.29. The highest BCUT2D eigenvalue weighted by Crippen LogP contribution is 2.20. The molecule has 0 fully saturated rings. The first kappa shape index (κ1) is 15.6. The summed E-state index contributed by atoms with van der Waals surface area (Å²) in [5, 5.41) is 3.51. The van der Waals surface area contributed by atoms with Crippen molar-refractivity contribution in [2.45, 2.75) is 40.8 Å². The highest BCUT2D eigenvalue weighted by atomic mass is 15.1. The molecule has 0 atom stereocenters. The predicted molar refractivity (Wildman–Crippen MR) is 97.8 cm³/mol. The molecular weight excluding hydrogens is 282 g/mol. The van der Waals surface area contributed by atoms with E-state index >= 15 is 0 Å². The van der Waals surface area contributed by atoms with Crippen LogP contribution in [0.5, 0.6) is 0 Å². The Hall–Kier alpha value is -2.29. The molecule has 3 rings (SSSR count). The summed E-state index contributed by atoms with van der Waals surface area (Å²) in [4.78, 5) is 4.84. The molecule has 2 aromatic carbocycles. The molecule has 3 heteroatoms. The van der Waals surface area contributed by atoms with Gasteiger partial charge < -0.3 is 9.88 Å². The van der Waals surface area contributed by atoms with Crippen LogP contribution < -0.4 is 5.32 Å². The fraction of sp³-hybridized carbons (Fsp3) is 0.350. The lowest BCUT2D eigenvalue weighted by Crippen LogP contribution is -2.12. The van der Waals surface area contributed by atoms with Gasteiger partial charge in [0.05, 0.1) is 17.6 Å². The minimum Gasteiger partial charge on any atom is -0.378 e. The van der Waals surface area contributed by atoms with E-state index in [1.807, 2.05) is 0 Å². The molecule has 0 saturated carbocycles. The van der Waals surface area contributed by atoms with Crippen molar-refractivity contribution in [2.75, 3.05) is 5.32 Å². The predicted octanol–water partition coefficient (Wildman–Crippen LogP) is 4.92. The summed E-state index contributed by atoms with van der Waals surface area (Å²) in [6, 6.07) is 15.0. The summed E-state index contributed by atoms with van der Waals surface area (Å²) in [5.41, 5.74) is 6.00. The monoisotopic (exact) mass is 307 g/mol. The molecule has 0 saturated heterocycles. The minimum atomic E-state index is 0.589. The van der Waals surface area contributed by atoms with E-state index in [1.165, 1.54) is 16.6 Å². The minimum absolute atomic E-state index is 0.589. The van der Waals surface area contributed by atoms with Crippen LogP contribution in [0.4, 0.5) is 5.69 Å². The molecule has 120 valence electrons. The summed E-state index contributed by atoms with van der Waals surface area (Å²) in [5.74, 6) is 1.69. The Balaban J connectivity index is 1.92. The normalized spacial score (nSPS) is 11.3. The number of benzene rings is 2. The Labute approximate surface area is 138 Å². The number of hydrogen-bond acceptors (Lipinski definition) is 2. The van der Waals surface area contributed by atoms with Crippen molar-refractivity contribution >= 4 is 16.7 Å². The number of aryl methyl sites for hydroxylation is 2. The van der Waals surface area contributed by atoms with Gasteiger partial charge in [-0.05, 0) is 55.2 Å². The lowest BCUT2D eigenvalue weighted by Gasteiger charge is -2.13. The number of rotatable bonds is 5. The molecule has 23 heavy (non-hydrogen) atoms. The van der Waals surface area contributed by atoms with Gasteiger partial charge in [0.25, 0.3) is 0 Å². The van der Waals surface area contributed by atoms with Crippen LogP contribution in [0.3, 0.4) is 0 Å². The van der Waals surface area contributed by atoms with Crippen molar-refractivity contribution in [1.82, 2.24) is 9.55 Å². The van der Waals surface area contributed by atoms with Crippen LogP contribution in [-0.4, -0.2) is 9.55 Å². The molecule has 1 aromatic heterocycles. The van der Waals surface area contributed by atoms with E-state index in [9.17, 15) is 0 Å². The molecule has 0 spiro atoms. The number of anilines is 1. The third kappa shape index (κ3) is 3.55. The fourth-order valence-electron chi connectivity index (χ4n) is 2.92. The van der Waals surface area contributed by atoms with Gasteiger partial charge in [-0.2, -0.15) is 0 Å². The maximum Gasteiger partial charge on any atom is 0.129 e. The summed E-state index contributed by atoms with van der Waals surface area (Å²) in [6.45, 7) is 10.5. The van der Waals surface area contributed by atoms with Crippen molar-refractivity contribution < 1.29 is 0 Å². The van der Waals surface area contributed by atoms with Gasteiger partial charge in [0.2, 0.25) is 0 Å². The zero-order valence-corrected chi connectivity index (χ0v) is 14.4. The average molecular weight is 307 g/mol. The van der Waals surface area contributed by atoms with E-state index in [1.54, 1.807) is 0 Å². The van der Waals surface area contributed by atoms with E-state index in [0.717, 1.165) is 30.1 Å². The number of fused-ring (bicyclic) bond motifs is 1. The van der Waals surface area contributed by atoms with Crippen molar-refractivity contribution in [2.24, 2.45) is 5.92 Å². The van der Waals surface area contributed by atoms with Crippen LogP contribution >= 0.6 is 0 Å². The molecule has 0 aliphatic rings. The second-order valence-corrected chi connectivity index (χ2v) is 6.75. The van der Waals surface area contributed by atoms with Gasteiger partial charge in [0, 0.05) is 12.2 Å². The summed E-state index contributed by atoms with van der Waals surface area (Å²) in [7, 11) is 0. The lowest BCUT2D eigenvalue weighted by atomic mass is 10.2. The van der Waals surface area contributed by atoms with Gasteiger partial charge in [-0.3, -0.25) is 0 Å². The van der Waals surface area contributed by atoms with Crippen LogP contribution in [-0.2, 0) is 13.1 Å². The molecule has 0 aliphatic carbocycles. The molecule has 3 aromatic rings. The zero-order chi connectivity index (χ0) is 16.4. The lowest BCUT2D eigenvalue weighted by molar-refractivity contribution is 0.519. The van der Waals surface area contributed by atoms with Crippen LogP contribution in [0, 0.1) is 19.8 Å². The van der Waals surface area contributed by atoms with E-state index in [-0.39, 0.29) is 0 Å². The molecule has 1 heterocycles. The summed E-state index contributed by atoms with van der Waals surface area (Å²) in [6.07, 6.45) is 0. The van der Waals surface area contributed by atoms with Gasteiger partial charge in [0.1, 0.15) is 5.82 Å². The quantitative estimate of drug-likeness (QED) is 0.725. The second kappa shape index (κ2) is 6.45. The van der Waals surface area contributed by atoms with Crippen LogP contribution in [0.25, 0.3) is 11.0 Å². The Morgan fingerprint density at radius 2 is 1.83 bits per heavy atom. The number of aromatic nitrogens is 2. The van der Waals surface area contributed by atoms with Crippen LogP contribution in [0.15, 0.2) is 42.5 Å². The Bertz CT molecular complexity index is 815. The van der Waals surface area contributed by atoms with E-state index in [4.69, 9.17) is 4.98 Å². The molecule has 3 nitrogen and oxygen atoms in total. The van der Waals surface area contributed by atoms with Crippen LogP contribution in [0.2, 0.25) is 0 Å². The Morgan fingerprint density at radius 3 is 2.57 bits per heavy atom. The van der Waals surface area contributed by atoms with Crippen LogP contribution in [0.1, 0.15) is 30.8 Å². The maximum atomic E-state index is 4.84. The molecule has 0 unspecified atom stereocenters. The third-order valence-corrected chi connectivity index (χ3v) is 4.00. The van der Waals surface area contributed by atoms with Crippen molar-refractivity contribution in [1.29, 1.82) is 0 Å². The average Bonchev–Trinajstić information content (AvgIpc) is 2.82. The summed E-state index contributed by atoms with van der Waals surface area (Å²) >= 11 is 0. The Kier molecular flexibility index (Phi) is 4.37. The van der Waals surface area contributed by atoms with Crippen molar-refractivity contribution in [3.05, 3.63) is 59.4 Å². The Morgan fingerprint density at radius 1 is 1.04 bits per heavy atom. The molecule has 0 aliphatic heterocycles. The molecule has 0 amide bonds. The highest BCUT2D eigenvalue weighted by molar-refractivity contribution is 5.77. The van der Waals surface area contributed by atoms with Gasteiger partial charge in [0.15, 0.2) is 0 Å². The summed E-state index contributed by atoms with van der Waals surface area (Å²) < 4.78 is 2.36. The second-order valence-electron chi connectivity index (χ2n) is 6.75. The van der Waals surface area contributed by atoms with E-state index in [2.05, 4.69) is 80.0 Å². The third-order valence-electron chi connectivity index (χ3n) is 4.00. The smallest absolute Gasteiger partial charge is 0.129 e. The number of imidazole rings is 1. The SMILES string of the molecule is Cc1cccc(NCc2nc3ccc(C)cc3n2CC(C)C)c1. The zero-order valence-electron chi connectivity index (χ0n) is 14.4. The fourth-order valence-corrected chi connectivity index (χ4v) is 2.92. The van der Waals surface area contributed by atoms with Gasteiger partial charge in [-0.1, -0.05) is 32.0 Å². The number of nitrogens with zero attached hydrogens (tertiary/aromatic N) is 2. The molecule has 1 N–H and O–H groups in total. The molecule has 0 bridgehead atoms. The molecule has 0 radical (unpaired) electrons. The first-order chi connectivity index (χ1) is 11.0. The van der Waals surface area contributed by atoms with Gasteiger partial charge in [-0.25, -0.2) is 4.98 Å². The van der Waals surface area contributed by atoms with Crippen molar-refractivity contribution in [3.63, 3.8) is 0 Å². The standard InChI is InChI=1S/C20H25N3/c1-14(2)13-23-19-11-16(4)8-9-18(19)22-20(23)12-21-17-7-5-6-15(3)10-17/h5-11,14,21H,12-13H2,1-4H3. The molecular formula is C20H25N3. The first-order valence-corrected chi connectivity index (χ1v) is 8.29. The van der Waals surface area contributed by atoms with Gasteiger partial charge in [-0.15, -0.1) is 0 Å². The van der Waals surface area contributed by atoms with E-state index in [0.29, 0.717) is 5.92 Å². The van der Waals surface area contributed by atoms with Gasteiger partial charge >= 0.3 is 0 Å². The number of nitrogens with one attached hydrogen (secondary N) is 1. The maximum absolute atomic E-state index is 4.84. The van der Waals surface area contributed by atoms with Crippen molar-refractivity contribution in [3.8, 4) is 0 Å².